The third-order valence-corrected chi connectivity index (χ3v) is 7.38. The van der Waals surface area contributed by atoms with Crippen LogP contribution in [0.5, 0.6) is 0 Å². The van der Waals surface area contributed by atoms with Crippen LogP contribution in [-0.4, -0.2) is 23.0 Å². The molecule has 2 aromatic rings. The Kier molecular flexibility index (Phi) is 6.93. The van der Waals surface area contributed by atoms with E-state index in [0.717, 1.165) is 24.4 Å². The van der Waals surface area contributed by atoms with Crippen LogP contribution in [0.2, 0.25) is 0 Å². The zero-order valence-electron chi connectivity index (χ0n) is 19.4. The fourth-order valence-corrected chi connectivity index (χ4v) is 5.76. The second kappa shape index (κ2) is 9.64. The number of nitrogens with zero attached hydrogens (tertiary/aromatic N) is 2. The van der Waals surface area contributed by atoms with Gasteiger partial charge >= 0.3 is 0 Å². The number of para-hydroxylation sites is 1. The van der Waals surface area contributed by atoms with E-state index in [-0.39, 0.29) is 0 Å². The van der Waals surface area contributed by atoms with E-state index in [2.05, 4.69) is 62.1 Å². The Hall–Kier alpha value is -1.67. The molecule has 1 saturated heterocycles. The SMILES string of the molecule is Cc1nc2ccccc2c(CN2CCCC(C)(C)C2)c1C/C=C/CCC1CCCC1. The predicted octanol–water partition coefficient (Wildman–Crippen LogP) is 7.23. The maximum absolute atomic E-state index is 4.97. The van der Waals surface area contributed by atoms with E-state index in [1.165, 1.54) is 86.7 Å². The quantitative estimate of drug-likeness (QED) is 0.452. The summed E-state index contributed by atoms with van der Waals surface area (Å²) in [7, 11) is 0. The van der Waals surface area contributed by atoms with Gasteiger partial charge in [0.05, 0.1) is 5.52 Å². The van der Waals surface area contributed by atoms with E-state index in [4.69, 9.17) is 4.98 Å². The summed E-state index contributed by atoms with van der Waals surface area (Å²) >= 11 is 0. The molecule has 0 bridgehead atoms. The first-order valence-corrected chi connectivity index (χ1v) is 12.3. The lowest BCUT2D eigenvalue weighted by atomic mass is 9.84. The molecule has 0 unspecified atom stereocenters. The summed E-state index contributed by atoms with van der Waals surface area (Å²) in [5.41, 5.74) is 5.75. The largest absolute Gasteiger partial charge is 0.299 e. The van der Waals surface area contributed by atoms with E-state index in [1.807, 2.05) is 0 Å². The van der Waals surface area contributed by atoms with Crippen molar-refractivity contribution in [2.24, 2.45) is 11.3 Å². The average Bonchev–Trinajstić information content (AvgIpc) is 3.22. The van der Waals surface area contributed by atoms with Crippen molar-refractivity contribution in [3.05, 3.63) is 53.2 Å². The van der Waals surface area contributed by atoms with Crippen LogP contribution < -0.4 is 0 Å². The van der Waals surface area contributed by atoms with Crippen LogP contribution in [0.1, 0.15) is 82.0 Å². The van der Waals surface area contributed by atoms with E-state index >= 15 is 0 Å². The lowest BCUT2D eigenvalue weighted by Crippen LogP contribution is -2.39. The highest BCUT2D eigenvalue weighted by Crippen LogP contribution is 2.32. The van der Waals surface area contributed by atoms with Crippen LogP contribution in [0.25, 0.3) is 10.9 Å². The molecule has 4 rings (SSSR count). The van der Waals surface area contributed by atoms with Gasteiger partial charge in [-0.2, -0.15) is 0 Å². The van der Waals surface area contributed by atoms with Crippen molar-refractivity contribution >= 4 is 10.9 Å². The topological polar surface area (TPSA) is 16.1 Å². The van der Waals surface area contributed by atoms with Gasteiger partial charge in [-0.05, 0) is 74.1 Å². The van der Waals surface area contributed by atoms with Crippen LogP contribution in [0, 0.1) is 18.3 Å². The van der Waals surface area contributed by atoms with Gasteiger partial charge in [0.15, 0.2) is 0 Å². The van der Waals surface area contributed by atoms with Crippen LogP contribution in [0.3, 0.4) is 0 Å². The Morgan fingerprint density at radius 2 is 1.87 bits per heavy atom. The van der Waals surface area contributed by atoms with Gasteiger partial charge in [0.25, 0.3) is 0 Å². The van der Waals surface area contributed by atoms with Crippen molar-refractivity contribution in [3.8, 4) is 0 Å². The molecule has 1 aromatic heterocycles. The minimum absolute atomic E-state index is 0.427. The van der Waals surface area contributed by atoms with E-state index in [0.29, 0.717) is 5.41 Å². The number of likely N-dealkylation sites (tertiary alicyclic amines) is 1. The highest BCUT2D eigenvalue weighted by atomic mass is 15.1. The molecule has 1 aliphatic carbocycles. The summed E-state index contributed by atoms with van der Waals surface area (Å²) < 4.78 is 0. The monoisotopic (exact) mass is 404 g/mol. The molecule has 0 radical (unpaired) electrons. The van der Waals surface area contributed by atoms with Gasteiger partial charge in [-0.15, -0.1) is 0 Å². The predicted molar refractivity (Wildman–Crippen MR) is 129 cm³/mol. The number of hydrogen-bond acceptors (Lipinski definition) is 2. The molecule has 2 nitrogen and oxygen atoms in total. The Labute approximate surface area is 183 Å². The highest BCUT2D eigenvalue weighted by molar-refractivity contribution is 5.83. The van der Waals surface area contributed by atoms with Gasteiger partial charge in [-0.1, -0.05) is 69.9 Å². The molecule has 1 aliphatic heterocycles. The van der Waals surface area contributed by atoms with Gasteiger partial charge in [-0.3, -0.25) is 9.88 Å². The van der Waals surface area contributed by atoms with Crippen molar-refractivity contribution in [1.82, 2.24) is 9.88 Å². The van der Waals surface area contributed by atoms with Crippen LogP contribution in [-0.2, 0) is 13.0 Å². The zero-order valence-corrected chi connectivity index (χ0v) is 19.4. The first-order valence-electron chi connectivity index (χ1n) is 12.3. The van der Waals surface area contributed by atoms with E-state index < -0.39 is 0 Å². The summed E-state index contributed by atoms with van der Waals surface area (Å²) in [6.07, 6.45) is 16.9. The lowest BCUT2D eigenvalue weighted by Gasteiger charge is -2.38. The third kappa shape index (κ3) is 5.32. The van der Waals surface area contributed by atoms with Crippen LogP contribution in [0.4, 0.5) is 0 Å². The third-order valence-electron chi connectivity index (χ3n) is 7.38. The van der Waals surface area contributed by atoms with Crippen molar-refractivity contribution in [2.75, 3.05) is 13.1 Å². The number of benzene rings is 1. The number of allylic oxidation sites excluding steroid dienone is 2. The Bertz CT molecular complexity index is 874. The van der Waals surface area contributed by atoms with Gasteiger partial charge in [-0.25, -0.2) is 0 Å². The van der Waals surface area contributed by atoms with Crippen molar-refractivity contribution in [3.63, 3.8) is 0 Å². The smallest absolute Gasteiger partial charge is 0.0708 e. The summed E-state index contributed by atoms with van der Waals surface area (Å²) in [5, 5.41) is 1.35. The molecular formula is C28H40N2. The van der Waals surface area contributed by atoms with Crippen molar-refractivity contribution < 1.29 is 0 Å². The molecule has 1 saturated carbocycles. The zero-order chi connectivity index (χ0) is 21.0. The minimum Gasteiger partial charge on any atom is -0.299 e. The Balaban J connectivity index is 1.53. The van der Waals surface area contributed by atoms with E-state index in [1.54, 1.807) is 0 Å². The molecule has 162 valence electrons. The molecule has 2 fully saturated rings. The fourth-order valence-electron chi connectivity index (χ4n) is 5.76. The van der Waals surface area contributed by atoms with Crippen molar-refractivity contribution in [2.45, 2.75) is 85.1 Å². The molecule has 2 heteroatoms. The maximum Gasteiger partial charge on any atom is 0.0708 e. The minimum atomic E-state index is 0.427. The Morgan fingerprint density at radius 1 is 1.07 bits per heavy atom. The number of piperidine rings is 1. The number of pyridine rings is 1. The maximum atomic E-state index is 4.97. The molecule has 2 aliphatic rings. The average molecular weight is 405 g/mol. The van der Waals surface area contributed by atoms with Gasteiger partial charge in [0, 0.05) is 24.2 Å². The summed E-state index contributed by atoms with van der Waals surface area (Å²) in [5.74, 6) is 0.983. The second-order valence-corrected chi connectivity index (χ2v) is 10.6. The molecule has 30 heavy (non-hydrogen) atoms. The van der Waals surface area contributed by atoms with Gasteiger partial charge < -0.3 is 0 Å². The van der Waals surface area contributed by atoms with Crippen LogP contribution >= 0.6 is 0 Å². The fraction of sp³-hybridized carbons (Fsp3) is 0.607. The van der Waals surface area contributed by atoms with Crippen molar-refractivity contribution in [1.29, 1.82) is 0 Å². The van der Waals surface area contributed by atoms with Gasteiger partial charge in [0.1, 0.15) is 0 Å². The first-order chi connectivity index (χ1) is 14.5. The molecule has 0 spiro atoms. The van der Waals surface area contributed by atoms with Gasteiger partial charge in [0.2, 0.25) is 0 Å². The second-order valence-electron chi connectivity index (χ2n) is 10.6. The highest BCUT2D eigenvalue weighted by Gasteiger charge is 2.27. The van der Waals surface area contributed by atoms with Crippen LogP contribution in [0.15, 0.2) is 36.4 Å². The molecular weight excluding hydrogens is 364 g/mol. The molecule has 2 heterocycles. The number of rotatable bonds is 7. The summed E-state index contributed by atoms with van der Waals surface area (Å²) in [6, 6.07) is 8.74. The normalized spacial score (nSPS) is 20.5. The standard InChI is InChI=1S/C28H40N2/c1-22-24(15-6-4-5-12-23-13-7-8-14-23)26(25-16-9-10-17-27(25)29-22)20-30-19-11-18-28(2,3)21-30/h4,6,9-10,16-17,23H,5,7-8,11-15,18-21H2,1-3H3/b6-4+. The number of fused-ring (bicyclic) bond motifs is 1. The number of hydrogen-bond donors (Lipinski definition) is 0. The first kappa shape index (κ1) is 21.6. The number of aryl methyl sites for hydroxylation is 1. The Morgan fingerprint density at radius 3 is 2.67 bits per heavy atom. The van der Waals surface area contributed by atoms with E-state index in [9.17, 15) is 0 Å². The molecule has 0 N–H and O–H groups in total. The lowest BCUT2D eigenvalue weighted by molar-refractivity contribution is 0.112. The molecule has 0 amide bonds. The number of aromatic nitrogens is 1. The molecule has 0 atom stereocenters. The molecule has 1 aromatic carbocycles. The summed E-state index contributed by atoms with van der Waals surface area (Å²) in [4.78, 5) is 7.65. The summed E-state index contributed by atoms with van der Waals surface area (Å²) in [6.45, 7) is 10.5.